The molecule has 0 atom stereocenters. The van der Waals surface area contributed by atoms with Crippen LogP contribution in [-0.4, -0.2) is 28.4 Å². The fourth-order valence-corrected chi connectivity index (χ4v) is 6.87. The smallest absolute Gasteiger partial charge is 0.126 e. The van der Waals surface area contributed by atoms with E-state index < -0.39 is 0 Å². The molecule has 4 N–H and O–H groups in total. The molecule has 1 aliphatic carbocycles. The van der Waals surface area contributed by atoms with Gasteiger partial charge in [0.05, 0.1) is 40.6 Å². The Balaban J connectivity index is 1.53. The summed E-state index contributed by atoms with van der Waals surface area (Å²) in [5, 5.41) is 20.2. The number of benzene rings is 4. The van der Waals surface area contributed by atoms with Gasteiger partial charge in [0.2, 0.25) is 0 Å². The van der Waals surface area contributed by atoms with E-state index in [2.05, 4.69) is 48.5 Å². The second kappa shape index (κ2) is 17.9. The summed E-state index contributed by atoms with van der Waals surface area (Å²) >= 11 is 0. The van der Waals surface area contributed by atoms with Gasteiger partial charge in [-0.05, 0) is 135 Å². The first-order valence-electron chi connectivity index (χ1n) is 17.8. The number of nitrogens with zero attached hydrogens (tertiary/aromatic N) is 2. The van der Waals surface area contributed by atoms with E-state index in [0.717, 1.165) is 93.2 Å². The molecule has 4 aromatic rings. The van der Waals surface area contributed by atoms with E-state index in [9.17, 15) is 10.5 Å². The van der Waals surface area contributed by atoms with Crippen LogP contribution in [0.15, 0.2) is 95.3 Å². The third kappa shape index (κ3) is 8.89. The third-order valence-corrected chi connectivity index (χ3v) is 9.83. The summed E-state index contributed by atoms with van der Waals surface area (Å²) in [4.78, 5) is 0. The Morgan fingerprint density at radius 3 is 0.981 bits per heavy atom. The van der Waals surface area contributed by atoms with Crippen LogP contribution in [0.25, 0.3) is 22.3 Å². The van der Waals surface area contributed by atoms with Crippen LogP contribution < -0.4 is 30.4 Å². The maximum absolute atomic E-state index is 10.1. The van der Waals surface area contributed by atoms with E-state index in [1.165, 1.54) is 0 Å². The van der Waals surface area contributed by atoms with Gasteiger partial charge in [0.1, 0.15) is 23.0 Å². The average molecular weight is 697 g/mol. The number of hydrogen-bond acceptors (Lipinski definition) is 8. The van der Waals surface area contributed by atoms with E-state index in [1.54, 1.807) is 28.4 Å². The topological polar surface area (TPSA) is 137 Å². The zero-order valence-corrected chi connectivity index (χ0v) is 30.7. The summed E-state index contributed by atoms with van der Waals surface area (Å²) in [6.45, 7) is 0. The van der Waals surface area contributed by atoms with E-state index >= 15 is 0 Å². The van der Waals surface area contributed by atoms with Crippen LogP contribution in [0.5, 0.6) is 23.0 Å². The molecule has 8 heteroatoms. The van der Waals surface area contributed by atoms with Gasteiger partial charge < -0.3 is 30.4 Å². The van der Waals surface area contributed by atoms with Crippen LogP contribution in [0.4, 0.5) is 0 Å². The third-order valence-electron chi connectivity index (χ3n) is 9.83. The number of nitrogens with two attached hydrogens (primary N) is 2. The fraction of sp³-hybridized carbons (Fsp3) is 0.318. The number of allylic oxidation sites excluding steroid dienone is 4. The first kappa shape index (κ1) is 37.4. The highest BCUT2D eigenvalue weighted by Crippen LogP contribution is 2.40. The predicted octanol–water partition coefficient (Wildman–Crippen LogP) is 8.75. The van der Waals surface area contributed by atoms with Crippen molar-refractivity contribution in [3.63, 3.8) is 0 Å². The number of fused-ring (bicyclic) bond motifs is 10. The molecule has 0 saturated carbocycles. The molecule has 52 heavy (non-hydrogen) atoms. The van der Waals surface area contributed by atoms with Gasteiger partial charge in [-0.15, -0.1) is 0 Å². The van der Waals surface area contributed by atoms with Gasteiger partial charge in [-0.3, -0.25) is 0 Å². The number of nitriles is 2. The van der Waals surface area contributed by atoms with E-state index in [0.29, 0.717) is 61.1 Å². The van der Waals surface area contributed by atoms with E-state index in [4.69, 9.17) is 30.4 Å². The molecular formula is C44H48N4O4. The number of rotatable bonds is 4. The highest BCUT2D eigenvalue weighted by Gasteiger charge is 2.17. The van der Waals surface area contributed by atoms with Gasteiger partial charge in [0, 0.05) is 44.8 Å². The lowest BCUT2D eigenvalue weighted by Gasteiger charge is -2.16. The van der Waals surface area contributed by atoms with Crippen molar-refractivity contribution in [3.05, 3.63) is 118 Å². The molecule has 0 aliphatic heterocycles. The lowest BCUT2D eigenvalue weighted by atomic mass is 9.93. The summed E-state index contributed by atoms with van der Waals surface area (Å²) in [6, 6.07) is 29.4. The molecule has 0 aromatic heterocycles. The number of methoxy groups -OCH3 is 4. The molecule has 0 amide bonds. The monoisotopic (exact) mass is 696 g/mol. The van der Waals surface area contributed by atoms with E-state index in [1.807, 2.05) is 36.4 Å². The van der Waals surface area contributed by atoms with Crippen molar-refractivity contribution in [3.8, 4) is 57.4 Å². The molecule has 0 saturated heterocycles. The molecule has 8 nitrogen and oxygen atoms in total. The van der Waals surface area contributed by atoms with Gasteiger partial charge >= 0.3 is 0 Å². The van der Waals surface area contributed by atoms with Crippen molar-refractivity contribution in [1.82, 2.24) is 0 Å². The molecular weight excluding hydrogens is 649 g/mol. The van der Waals surface area contributed by atoms with Crippen molar-refractivity contribution in [2.24, 2.45) is 11.5 Å². The van der Waals surface area contributed by atoms with Crippen LogP contribution in [-0.2, 0) is 25.7 Å². The minimum atomic E-state index is 0.535. The zero-order valence-electron chi connectivity index (χ0n) is 30.7. The molecule has 5 rings (SSSR count). The molecule has 4 aromatic carbocycles. The van der Waals surface area contributed by atoms with Gasteiger partial charge in [0.25, 0.3) is 0 Å². The minimum Gasteiger partial charge on any atom is -0.496 e. The van der Waals surface area contributed by atoms with Gasteiger partial charge in [-0.25, -0.2) is 0 Å². The van der Waals surface area contributed by atoms with Crippen LogP contribution in [0.2, 0.25) is 0 Å². The molecule has 0 fully saturated rings. The lowest BCUT2D eigenvalue weighted by molar-refractivity contribution is 0.410. The van der Waals surface area contributed by atoms with Crippen LogP contribution in [0.1, 0.15) is 60.8 Å². The number of ether oxygens (including phenoxy) is 4. The number of aryl methyl sites for hydroxylation is 4. The molecule has 8 bridgehead atoms. The second-order valence-corrected chi connectivity index (χ2v) is 13.1. The predicted molar refractivity (Wildman–Crippen MR) is 206 cm³/mol. The summed E-state index contributed by atoms with van der Waals surface area (Å²) in [7, 11) is 6.66. The van der Waals surface area contributed by atoms with E-state index in [-0.39, 0.29) is 0 Å². The first-order valence-corrected chi connectivity index (χ1v) is 17.8. The molecule has 268 valence electrons. The summed E-state index contributed by atoms with van der Waals surface area (Å²) in [5.41, 5.74) is 23.7. The molecule has 0 heterocycles. The maximum Gasteiger partial charge on any atom is 0.126 e. The standard InChI is InChI=1S/C44H48N4O4/c1-49-41-19-13-29-7-5-9-39(47)34(28-46)18-12-32-16-22-44(52-4)38(26-32)36-24-30(14-20-42(36)50-2)8-6-10-40(48)33(27-45)17-11-31-15-21-43(51-3)37(25-31)35(41)23-29/h13-16,19-26H,5-12,17-18,47-48H2,1-4H3/b39-34+,40-33+. The molecule has 0 radical (unpaired) electrons. The highest BCUT2D eigenvalue weighted by atomic mass is 16.5. The van der Waals surface area contributed by atoms with Crippen molar-refractivity contribution >= 4 is 0 Å². The number of hydrogen-bond donors (Lipinski definition) is 2. The molecule has 0 unspecified atom stereocenters. The van der Waals surface area contributed by atoms with Crippen molar-refractivity contribution in [1.29, 1.82) is 10.5 Å². The Morgan fingerprint density at radius 1 is 0.423 bits per heavy atom. The molecule has 0 spiro atoms. The maximum atomic E-state index is 10.1. The van der Waals surface area contributed by atoms with Crippen molar-refractivity contribution in [2.75, 3.05) is 28.4 Å². The fourth-order valence-electron chi connectivity index (χ4n) is 6.87. The van der Waals surface area contributed by atoms with Gasteiger partial charge in [0.15, 0.2) is 0 Å². The summed E-state index contributed by atoms with van der Waals surface area (Å²) < 4.78 is 23.2. The average Bonchev–Trinajstić information content (AvgIpc) is 3.17. The van der Waals surface area contributed by atoms with Crippen LogP contribution in [0.3, 0.4) is 0 Å². The SMILES string of the molecule is COc1ccc2cc1-c1cc(ccc1OC)CC/C(C#N)=C(\N)CCCc1ccc(OC)c(c1)-c1cc(ccc1OC)CC/C(C#N)=C(\N)CCC2. The van der Waals surface area contributed by atoms with Crippen LogP contribution >= 0.6 is 0 Å². The second-order valence-electron chi connectivity index (χ2n) is 13.1. The zero-order chi connectivity index (χ0) is 37.0. The normalized spacial score (nSPS) is 17.3. The Bertz CT molecular complexity index is 1900. The summed E-state index contributed by atoms with van der Waals surface area (Å²) in [6.07, 6.45) is 6.71. The van der Waals surface area contributed by atoms with Crippen LogP contribution in [0, 0.1) is 22.7 Å². The van der Waals surface area contributed by atoms with Gasteiger partial charge in [-0.2, -0.15) is 10.5 Å². The van der Waals surface area contributed by atoms with Gasteiger partial charge in [-0.1, -0.05) is 24.3 Å². The molecule has 1 aliphatic rings. The quantitative estimate of drug-likeness (QED) is 0.216. The Hall–Kier alpha value is -5.86. The first-order chi connectivity index (χ1) is 25.3. The van der Waals surface area contributed by atoms with Crippen molar-refractivity contribution < 1.29 is 18.9 Å². The largest absolute Gasteiger partial charge is 0.496 e. The Morgan fingerprint density at radius 2 is 0.712 bits per heavy atom. The Kier molecular flexibility index (Phi) is 12.9. The Labute approximate surface area is 307 Å². The minimum absolute atomic E-state index is 0.535. The summed E-state index contributed by atoms with van der Waals surface area (Å²) in [5.74, 6) is 2.95. The lowest BCUT2D eigenvalue weighted by Crippen LogP contribution is -2.05. The van der Waals surface area contributed by atoms with Crippen molar-refractivity contribution in [2.45, 2.75) is 64.2 Å². The highest BCUT2D eigenvalue weighted by molar-refractivity contribution is 5.78.